The molecule has 0 aromatic heterocycles. The average Bonchev–Trinajstić information content (AvgIpc) is 2.62. The summed E-state index contributed by atoms with van der Waals surface area (Å²) in [7, 11) is 0. The molecule has 2 rings (SSSR count). The number of carbonyl (C=O) groups is 1. The Morgan fingerprint density at radius 1 is 1.11 bits per heavy atom. The predicted molar refractivity (Wildman–Crippen MR) is 116 cm³/mol. The number of likely N-dealkylation sites (N-methyl/N-ethyl adjacent to an activating group) is 1. The van der Waals surface area contributed by atoms with Crippen LogP contribution in [0.3, 0.4) is 0 Å². The lowest BCUT2D eigenvalue weighted by Gasteiger charge is -2.19. The second-order valence-electron chi connectivity index (χ2n) is 5.95. The number of ether oxygens (including phenoxy) is 1. The van der Waals surface area contributed by atoms with Gasteiger partial charge < -0.3 is 20.3 Å². The highest BCUT2D eigenvalue weighted by molar-refractivity contribution is 7.80. The molecule has 27 heavy (non-hydrogen) atoms. The number of anilines is 2. The van der Waals surface area contributed by atoms with Crippen LogP contribution in [0.1, 0.15) is 19.4 Å². The Labute approximate surface area is 170 Å². The molecule has 2 aromatic carbocycles. The summed E-state index contributed by atoms with van der Waals surface area (Å²) in [5.41, 5.74) is 2.78. The van der Waals surface area contributed by atoms with Crippen molar-refractivity contribution in [1.29, 1.82) is 0 Å². The van der Waals surface area contributed by atoms with Gasteiger partial charge in [-0.15, -0.1) is 0 Å². The van der Waals surface area contributed by atoms with Crippen molar-refractivity contribution in [3.63, 3.8) is 0 Å². The molecule has 0 aliphatic rings. The number of amides is 1. The molecule has 0 aliphatic heterocycles. The zero-order valence-corrected chi connectivity index (χ0v) is 17.3. The molecule has 0 heterocycles. The van der Waals surface area contributed by atoms with E-state index < -0.39 is 0 Å². The molecule has 0 saturated carbocycles. The van der Waals surface area contributed by atoms with Crippen LogP contribution in [-0.2, 0) is 4.79 Å². The Bertz CT molecular complexity index is 810. The summed E-state index contributed by atoms with van der Waals surface area (Å²) in [6, 6.07) is 13.2. The molecular weight excluding hydrogens is 382 g/mol. The second kappa shape index (κ2) is 10.1. The maximum atomic E-state index is 12.0. The molecule has 0 aliphatic carbocycles. The maximum absolute atomic E-state index is 12.0. The topological polar surface area (TPSA) is 53.6 Å². The van der Waals surface area contributed by atoms with Gasteiger partial charge in [0.2, 0.25) is 0 Å². The molecule has 0 atom stereocenters. The van der Waals surface area contributed by atoms with Crippen molar-refractivity contribution in [3.05, 3.63) is 53.1 Å². The molecule has 0 unspecified atom stereocenters. The summed E-state index contributed by atoms with van der Waals surface area (Å²) in [4.78, 5) is 13.7. The van der Waals surface area contributed by atoms with Gasteiger partial charge >= 0.3 is 0 Å². The predicted octanol–water partition coefficient (Wildman–Crippen LogP) is 4.70. The van der Waals surface area contributed by atoms with Crippen LogP contribution in [0.25, 0.3) is 0 Å². The molecule has 1 amide bonds. The quantitative estimate of drug-likeness (QED) is 0.653. The lowest BCUT2D eigenvalue weighted by Crippen LogP contribution is -2.34. The van der Waals surface area contributed by atoms with Gasteiger partial charge in [-0.05, 0) is 68.9 Å². The Kier molecular flexibility index (Phi) is 7.88. The Hall–Kier alpha value is -2.31. The third-order valence-electron chi connectivity index (χ3n) is 3.93. The van der Waals surface area contributed by atoms with E-state index in [1.54, 1.807) is 23.1 Å². The SMILES string of the molecule is CCN(CC)C(=O)COc1ccc(NC(=S)Nc2cccc(C)c2)cc1Cl. The normalized spacial score (nSPS) is 10.2. The van der Waals surface area contributed by atoms with Gasteiger partial charge in [0.15, 0.2) is 11.7 Å². The molecule has 2 N–H and O–H groups in total. The van der Waals surface area contributed by atoms with E-state index >= 15 is 0 Å². The summed E-state index contributed by atoms with van der Waals surface area (Å²) in [5, 5.41) is 7.08. The molecule has 0 radical (unpaired) electrons. The zero-order chi connectivity index (χ0) is 19.8. The first kappa shape index (κ1) is 21.0. The standard InChI is InChI=1S/C20H24ClN3O2S/c1-4-24(5-2)19(25)13-26-18-10-9-16(12-17(18)21)23-20(27)22-15-8-6-7-14(3)11-15/h6-12H,4-5,13H2,1-3H3,(H2,22,23,27). The van der Waals surface area contributed by atoms with Crippen LogP contribution >= 0.6 is 23.8 Å². The minimum absolute atomic E-state index is 0.0402. The van der Waals surface area contributed by atoms with Gasteiger partial charge in [-0.1, -0.05) is 23.7 Å². The number of aryl methyl sites for hydroxylation is 1. The number of halogens is 1. The van der Waals surface area contributed by atoms with Gasteiger partial charge in [0.1, 0.15) is 5.75 Å². The number of nitrogens with zero attached hydrogens (tertiary/aromatic N) is 1. The van der Waals surface area contributed by atoms with E-state index in [2.05, 4.69) is 10.6 Å². The number of carbonyl (C=O) groups excluding carboxylic acids is 1. The largest absolute Gasteiger partial charge is 0.482 e. The molecule has 144 valence electrons. The molecule has 5 nitrogen and oxygen atoms in total. The van der Waals surface area contributed by atoms with Crippen LogP contribution in [0.15, 0.2) is 42.5 Å². The summed E-state index contributed by atoms with van der Waals surface area (Å²) >= 11 is 11.6. The zero-order valence-electron chi connectivity index (χ0n) is 15.7. The fourth-order valence-corrected chi connectivity index (χ4v) is 2.99. The molecule has 2 aromatic rings. The third-order valence-corrected chi connectivity index (χ3v) is 4.43. The van der Waals surface area contributed by atoms with Gasteiger partial charge in [-0.2, -0.15) is 0 Å². The van der Waals surface area contributed by atoms with Crippen LogP contribution in [0, 0.1) is 6.92 Å². The highest BCUT2D eigenvalue weighted by Gasteiger charge is 2.12. The molecular formula is C20H24ClN3O2S. The number of thiocarbonyl (C=S) groups is 1. The van der Waals surface area contributed by atoms with Gasteiger partial charge in [-0.3, -0.25) is 4.79 Å². The first-order valence-corrected chi connectivity index (χ1v) is 9.56. The van der Waals surface area contributed by atoms with Crippen LogP contribution in [-0.4, -0.2) is 35.6 Å². The average molecular weight is 406 g/mol. The van der Waals surface area contributed by atoms with Gasteiger partial charge in [0.05, 0.1) is 5.02 Å². The van der Waals surface area contributed by atoms with Gasteiger partial charge in [0, 0.05) is 24.5 Å². The molecule has 0 spiro atoms. The van der Waals surface area contributed by atoms with E-state index in [1.165, 1.54) is 0 Å². The Balaban J connectivity index is 1.93. The van der Waals surface area contributed by atoms with Crippen molar-refractivity contribution in [2.75, 3.05) is 30.3 Å². The van der Waals surface area contributed by atoms with E-state index in [-0.39, 0.29) is 12.5 Å². The number of nitrogens with one attached hydrogen (secondary N) is 2. The minimum atomic E-state index is -0.0678. The Morgan fingerprint density at radius 3 is 2.37 bits per heavy atom. The number of hydrogen-bond acceptors (Lipinski definition) is 3. The number of hydrogen-bond donors (Lipinski definition) is 2. The van der Waals surface area contributed by atoms with Crippen molar-refractivity contribution in [2.45, 2.75) is 20.8 Å². The van der Waals surface area contributed by atoms with Crippen molar-refractivity contribution in [3.8, 4) is 5.75 Å². The van der Waals surface area contributed by atoms with E-state index in [4.69, 9.17) is 28.6 Å². The molecule has 0 saturated heterocycles. The lowest BCUT2D eigenvalue weighted by molar-refractivity contribution is -0.132. The Morgan fingerprint density at radius 2 is 1.78 bits per heavy atom. The fraction of sp³-hybridized carbons (Fsp3) is 0.300. The minimum Gasteiger partial charge on any atom is -0.482 e. The van der Waals surface area contributed by atoms with Gasteiger partial charge in [-0.25, -0.2) is 0 Å². The van der Waals surface area contributed by atoms with Crippen LogP contribution in [0.4, 0.5) is 11.4 Å². The summed E-state index contributed by atoms with van der Waals surface area (Å²) < 4.78 is 5.55. The van der Waals surface area contributed by atoms with E-state index in [9.17, 15) is 4.79 Å². The summed E-state index contributed by atoms with van der Waals surface area (Å²) in [6.07, 6.45) is 0. The van der Waals surface area contributed by atoms with Crippen LogP contribution in [0.2, 0.25) is 5.02 Å². The first-order chi connectivity index (χ1) is 12.9. The van der Waals surface area contributed by atoms with E-state index in [0.717, 1.165) is 16.9 Å². The molecule has 0 bridgehead atoms. The number of benzene rings is 2. The van der Waals surface area contributed by atoms with E-state index in [0.29, 0.717) is 29.0 Å². The summed E-state index contributed by atoms with van der Waals surface area (Å²) in [6.45, 7) is 7.15. The fourth-order valence-electron chi connectivity index (χ4n) is 2.52. The van der Waals surface area contributed by atoms with E-state index in [1.807, 2.05) is 45.0 Å². The third kappa shape index (κ3) is 6.41. The van der Waals surface area contributed by atoms with Crippen molar-refractivity contribution in [2.24, 2.45) is 0 Å². The van der Waals surface area contributed by atoms with Crippen molar-refractivity contribution < 1.29 is 9.53 Å². The van der Waals surface area contributed by atoms with Crippen LogP contribution < -0.4 is 15.4 Å². The molecule has 0 fully saturated rings. The van der Waals surface area contributed by atoms with Gasteiger partial charge in [0.25, 0.3) is 5.91 Å². The smallest absolute Gasteiger partial charge is 0.260 e. The highest BCUT2D eigenvalue weighted by Crippen LogP contribution is 2.28. The molecule has 7 heteroatoms. The van der Waals surface area contributed by atoms with Crippen LogP contribution in [0.5, 0.6) is 5.75 Å². The highest BCUT2D eigenvalue weighted by atomic mass is 35.5. The number of rotatable bonds is 7. The monoisotopic (exact) mass is 405 g/mol. The maximum Gasteiger partial charge on any atom is 0.260 e. The lowest BCUT2D eigenvalue weighted by atomic mass is 10.2. The first-order valence-electron chi connectivity index (χ1n) is 8.77. The summed E-state index contributed by atoms with van der Waals surface area (Å²) in [5.74, 6) is 0.391. The second-order valence-corrected chi connectivity index (χ2v) is 6.76. The van der Waals surface area contributed by atoms with Crippen molar-refractivity contribution >= 4 is 46.2 Å². The van der Waals surface area contributed by atoms with Crippen molar-refractivity contribution in [1.82, 2.24) is 4.90 Å².